The number of amides is 2. The summed E-state index contributed by atoms with van der Waals surface area (Å²) in [6.45, 7) is 3.44. The zero-order valence-electron chi connectivity index (χ0n) is 15.2. The van der Waals surface area contributed by atoms with Gasteiger partial charge < -0.3 is 19.6 Å². The first kappa shape index (κ1) is 17.4. The third-order valence-electron chi connectivity index (χ3n) is 5.16. The summed E-state index contributed by atoms with van der Waals surface area (Å²) >= 11 is 0. The molecule has 6 nitrogen and oxygen atoms in total. The fourth-order valence-corrected chi connectivity index (χ4v) is 3.60. The van der Waals surface area contributed by atoms with Crippen LogP contribution >= 0.6 is 0 Å². The topological polar surface area (TPSA) is 70.1 Å². The van der Waals surface area contributed by atoms with Gasteiger partial charge in [-0.1, -0.05) is 24.3 Å². The second-order valence-corrected chi connectivity index (χ2v) is 7.17. The van der Waals surface area contributed by atoms with Crippen molar-refractivity contribution in [3.05, 3.63) is 54.1 Å². The number of nitrogens with zero attached hydrogens (tertiary/aromatic N) is 2. The van der Waals surface area contributed by atoms with E-state index in [1.807, 2.05) is 31.2 Å². The average Bonchev–Trinajstić information content (AvgIpc) is 3.00. The highest BCUT2D eigenvalue weighted by atomic mass is 16.5. The molecule has 2 heterocycles. The molecule has 0 spiro atoms. The monoisotopic (exact) mass is 366 g/mol. The van der Waals surface area contributed by atoms with Crippen LogP contribution in [0.25, 0.3) is 0 Å². The number of para-hydroxylation sites is 1. The van der Waals surface area contributed by atoms with Gasteiger partial charge in [0.2, 0.25) is 11.8 Å². The highest BCUT2D eigenvalue weighted by molar-refractivity contribution is 6.00. The van der Waals surface area contributed by atoms with Crippen LogP contribution in [-0.4, -0.2) is 47.6 Å². The molecule has 6 heteroatoms. The maximum absolute atomic E-state index is 12.7. The van der Waals surface area contributed by atoms with Crippen LogP contribution in [0.4, 0.5) is 5.69 Å². The number of anilines is 1. The Hall–Kier alpha value is -3.02. The molecule has 2 saturated heterocycles. The Morgan fingerprint density at radius 1 is 1.11 bits per heavy atom. The van der Waals surface area contributed by atoms with Gasteiger partial charge in [0.1, 0.15) is 17.6 Å². The first-order valence-corrected chi connectivity index (χ1v) is 9.12. The zero-order valence-corrected chi connectivity index (χ0v) is 15.2. The van der Waals surface area contributed by atoms with Gasteiger partial charge in [0.15, 0.2) is 0 Å². The fraction of sp³-hybridized carbons (Fsp3) is 0.333. The minimum absolute atomic E-state index is 0.00404. The van der Waals surface area contributed by atoms with Crippen molar-refractivity contribution in [3.63, 3.8) is 0 Å². The van der Waals surface area contributed by atoms with E-state index in [1.165, 1.54) is 0 Å². The average molecular weight is 366 g/mol. The predicted molar refractivity (Wildman–Crippen MR) is 101 cm³/mol. The molecule has 0 bridgehead atoms. The van der Waals surface area contributed by atoms with Crippen LogP contribution in [0.1, 0.15) is 12.0 Å². The molecule has 27 heavy (non-hydrogen) atoms. The van der Waals surface area contributed by atoms with Crippen LogP contribution in [0, 0.1) is 12.8 Å². The number of ether oxygens (including phenoxy) is 1. The Morgan fingerprint density at radius 3 is 2.63 bits per heavy atom. The molecule has 2 amide bonds. The number of aromatic hydroxyl groups is 1. The van der Waals surface area contributed by atoms with Crippen LogP contribution in [-0.2, 0) is 9.59 Å². The van der Waals surface area contributed by atoms with Gasteiger partial charge in [-0.2, -0.15) is 0 Å². The van der Waals surface area contributed by atoms with E-state index < -0.39 is 0 Å². The lowest BCUT2D eigenvalue weighted by Gasteiger charge is -2.40. The van der Waals surface area contributed by atoms with Crippen molar-refractivity contribution in [2.24, 2.45) is 5.92 Å². The third-order valence-corrected chi connectivity index (χ3v) is 5.16. The van der Waals surface area contributed by atoms with E-state index in [-0.39, 0.29) is 36.0 Å². The molecule has 2 aromatic carbocycles. The summed E-state index contributed by atoms with van der Waals surface area (Å²) in [7, 11) is 0. The Labute approximate surface area is 158 Å². The SMILES string of the molecule is Cc1ccccc1OC1CN(C(=O)C2CC(=O)N(c3cccc(O)c3)C2)C1. The van der Waals surface area contributed by atoms with E-state index in [4.69, 9.17) is 4.74 Å². The van der Waals surface area contributed by atoms with Crippen molar-refractivity contribution >= 4 is 17.5 Å². The Morgan fingerprint density at radius 2 is 1.89 bits per heavy atom. The number of rotatable bonds is 4. The zero-order chi connectivity index (χ0) is 19.0. The molecule has 2 fully saturated rings. The molecule has 4 rings (SSSR count). The summed E-state index contributed by atoms with van der Waals surface area (Å²) in [5, 5.41) is 9.61. The second kappa shape index (κ2) is 6.95. The van der Waals surface area contributed by atoms with Gasteiger partial charge in [-0.25, -0.2) is 0 Å². The van der Waals surface area contributed by atoms with E-state index in [9.17, 15) is 14.7 Å². The number of likely N-dealkylation sites (tertiary alicyclic amines) is 1. The lowest BCUT2D eigenvalue weighted by atomic mass is 10.0. The van der Waals surface area contributed by atoms with Crippen molar-refractivity contribution < 1.29 is 19.4 Å². The Bertz CT molecular complexity index is 876. The van der Waals surface area contributed by atoms with Crippen molar-refractivity contribution in [2.75, 3.05) is 24.5 Å². The standard InChI is InChI=1S/C21H22N2O4/c1-14-5-2-3-8-19(14)27-18-12-22(13-18)21(26)15-9-20(25)23(11-15)16-6-4-7-17(24)10-16/h2-8,10,15,18,24H,9,11-13H2,1H3. The lowest BCUT2D eigenvalue weighted by Crippen LogP contribution is -2.57. The van der Waals surface area contributed by atoms with Crippen LogP contribution in [0.2, 0.25) is 0 Å². The predicted octanol–water partition coefficient (Wildman–Crippen LogP) is 2.34. The number of benzene rings is 2. The van der Waals surface area contributed by atoms with Gasteiger partial charge in [-0.05, 0) is 30.7 Å². The molecule has 1 N–H and O–H groups in total. The smallest absolute Gasteiger partial charge is 0.228 e. The number of hydrogen-bond donors (Lipinski definition) is 1. The van der Waals surface area contributed by atoms with E-state index >= 15 is 0 Å². The van der Waals surface area contributed by atoms with E-state index in [2.05, 4.69) is 0 Å². The van der Waals surface area contributed by atoms with Crippen LogP contribution in [0.15, 0.2) is 48.5 Å². The normalized spacial score (nSPS) is 19.9. The summed E-state index contributed by atoms with van der Waals surface area (Å²) in [6.07, 6.45) is 0.197. The van der Waals surface area contributed by atoms with Gasteiger partial charge in [0.05, 0.1) is 19.0 Å². The first-order valence-electron chi connectivity index (χ1n) is 9.12. The Balaban J connectivity index is 1.34. The van der Waals surface area contributed by atoms with Crippen LogP contribution in [0.5, 0.6) is 11.5 Å². The third kappa shape index (κ3) is 3.47. The lowest BCUT2D eigenvalue weighted by molar-refractivity contribution is -0.144. The largest absolute Gasteiger partial charge is 0.508 e. The molecular formula is C21H22N2O4. The molecule has 1 unspecified atom stereocenters. The maximum Gasteiger partial charge on any atom is 0.228 e. The minimum atomic E-state index is -0.348. The van der Waals surface area contributed by atoms with Crippen molar-refractivity contribution in [3.8, 4) is 11.5 Å². The molecule has 140 valence electrons. The second-order valence-electron chi connectivity index (χ2n) is 7.17. The van der Waals surface area contributed by atoms with Gasteiger partial charge in [0, 0.05) is 24.7 Å². The molecule has 0 aromatic heterocycles. The number of phenols is 1. The minimum Gasteiger partial charge on any atom is -0.508 e. The van der Waals surface area contributed by atoms with Gasteiger partial charge in [-0.3, -0.25) is 9.59 Å². The van der Waals surface area contributed by atoms with Crippen molar-refractivity contribution in [1.29, 1.82) is 0 Å². The molecule has 1 atom stereocenters. The van der Waals surface area contributed by atoms with Crippen LogP contribution < -0.4 is 9.64 Å². The highest BCUT2D eigenvalue weighted by Gasteiger charge is 2.41. The quantitative estimate of drug-likeness (QED) is 0.902. The fourth-order valence-electron chi connectivity index (χ4n) is 3.60. The molecule has 2 aliphatic heterocycles. The Kier molecular flexibility index (Phi) is 4.48. The van der Waals surface area contributed by atoms with E-state index in [1.54, 1.807) is 34.1 Å². The summed E-state index contributed by atoms with van der Waals surface area (Å²) in [4.78, 5) is 28.4. The number of hydrogen-bond acceptors (Lipinski definition) is 4. The molecule has 2 aliphatic rings. The van der Waals surface area contributed by atoms with Crippen molar-refractivity contribution in [2.45, 2.75) is 19.4 Å². The van der Waals surface area contributed by atoms with Gasteiger partial charge in [-0.15, -0.1) is 0 Å². The summed E-state index contributed by atoms with van der Waals surface area (Å²) in [5.74, 6) is 0.511. The maximum atomic E-state index is 12.7. The van der Waals surface area contributed by atoms with E-state index in [0.717, 1.165) is 11.3 Å². The number of carbonyl (C=O) groups excluding carboxylic acids is 2. The van der Waals surface area contributed by atoms with Crippen molar-refractivity contribution in [1.82, 2.24) is 4.90 Å². The van der Waals surface area contributed by atoms with E-state index in [0.29, 0.717) is 25.3 Å². The molecular weight excluding hydrogens is 344 g/mol. The summed E-state index contributed by atoms with van der Waals surface area (Å²) in [5.41, 5.74) is 1.70. The summed E-state index contributed by atoms with van der Waals surface area (Å²) < 4.78 is 5.95. The van der Waals surface area contributed by atoms with Gasteiger partial charge in [0.25, 0.3) is 0 Å². The molecule has 0 radical (unpaired) electrons. The number of aryl methyl sites for hydroxylation is 1. The molecule has 0 saturated carbocycles. The summed E-state index contributed by atoms with van der Waals surface area (Å²) in [6, 6.07) is 14.4. The van der Waals surface area contributed by atoms with Crippen LogP contribution in [0.3, 0.4) is 0 Å². The first-order chi connectivity index (χ1) is 13.0. The molecule has 0 aliphatic carbocycles. The van der Waals surface area contributed by atoms with Gasteiger partial charge >= 0.3 is 0 Å². The number of phenolic OH excluding ortho intramolecular Hbond substituents is 1. The number of carbonyl (C=O) groups is 2. The molecule has 2 aromatic rings. The highest BCUT2D eigenvalue weighted by Crippen LogP contribution is 2.30.